The van der Waals surface area contributed by atoms with Crippen LogP contribution in [0.25, 0.3) is 0 Å². The van der Waals surface area contributed by atoms with Crippen molar-refractivity contribution in [3.8, 4) is 0 Å². The van der Waals surface area contributed by atoms with Crippen molar-refractivity contribution in [3.05, 3.63) is 64.2 Å². The number of hydrogen-bond acceptors (Lipinski definition) is 6. The maximum Gasteiger partial charge on any atom is 0.269 e. The van der Waals surface area contributed by atoms with Crippen molar-refractivity contribution in [1.29, 1.82) is 0 Å². The molecule has 2 aromatic carbocycles. The van der Waals surface area contributed by atoms with Gasteiger partial charge in [-0.2, -0.15) is 0 Å². The van der Waals surface area contributed by atoms with Crippen LogP contribution in [0.1, 0.15) is 24.2 Å². The number of sulfonamides is 1. The highest BCUT2D eigenvalue weighted by atomic mass is 32.2. The van der Waals surface area contributed by atoms with Crippen molar-refractivity contribution >= 4 is 33.2 Å². The van der Waals surface area contributed by atoms with E-state index in [4.69, 9.17) is 0 Å². The molecule has 2 aromatic rings. The molecule has 2 rings (SSSR count). The summed E-state index contributed by atoms with van der Waals surface area (Å²) in [6.07, 6.45) is 0. The van der Waals surface area contributed by atoms with Gasteiger partial charge in [0, 0.05) is 42.4 Å². The second-order valence-corrected chi connectivity index (χ2v) is 8.39. The van der Waals surface area contributed by atoms with E-state index < -0.39 is 20.9 Å². The maximum atomic E-state index is 12.2. The molecule has 30 heavy (non-hydrogen) atoms. The molecule has 0 aliphatic carbocycles. The number of benzene rings is 2. The second-order valence-electron chi connectivity index (χ2n) is 6.63. The summed E-state index contributed by atoms with van der Waals surface area (Å²) in [6.45, 7) is 3.52. The minimum absolute atomic E-state index is 0.0386. The predicted molar refractivity (Wildman–Crippen MR) is 111 cm³/mol. The first kappa shape index (κ1) is 23.0. The Morgan fingerprint density at radius 2 is 1.60 bits per heavy atom. The Morgan fingerprint density at radius 1 is 1.00 bits per heavy atom. The van der Waals surface area contributed by atoms with Gasteiger partial charge in [0.25, 0.3) is 11.6 Å². The molecule has 11 heteroatoms. The number of amides is 2. The number of nitrogens with zero attached hydrogens (tertiary/aromatic N) is 1. The van der Waals surface area contributed by atoms with Gasteiger partial charge in [-0.15, -0.1) is 0 Å². The Hall–Kier alpha value is -3.31. The van der Waals surface area contributed by atoms with Crippen LogP contribution in [0.15, 0.2) is 53.4 Å². The third kappa shape index (κ3) is 6.36. The number of carbonyl (C=O) groups is 2. The molecule has 0 bridgehead atoms. The molecule has 160 valence electrons. The monoisotopic (exact) mass is 434 g/mol. The summed E-state index contributed by atoms with van der Waals surface area (Å²) in [5.41, 5.74) is 0.716. The van der Waals surface area contributed by atoms with Crippen molar-refractivity contribution in [2.45, 2.75) is 18.7 Å². The van der Waals surface area contributed by atoms with Crippen molar-refractivity contribution in [1.82, 2.24) is 10.0 Å². The Morgan fingerprint density at radius 3 is 2.13 bits per heavy atom. The lowest BCUT2D eigenvalue weighted by Crippen LogP contribution is -2.34. The number of nitro groups is 1. The van der Waals surface area contributed by atoms with Crippen molar-refractivity contribution in [2.24, 2.45) is 5.92 Å². The fraction of sp³-hybridized carbons (Fsp3) is 0.263. The summed E-state index contributed by atoms with van der Waals surface area (Å²) in [4.78, 5) is 33.7. The quantitative estimate of drug-likeness (QED) is 0.312. The van der Waals surface area contributed by atoms with E-state index >= 15 is 0 Å². The zero-order chi connectivity index (χ0) is 22.3. The highest BCUT2D eigenvalue weighted by Crippen LogP contribution is 2.15. The number of nitrogens with one attached hydrogen (secondary N) is 3. The van der Waals surface area contributed by atoms with Crippen molar-refractivity contribution in [3.63, 3.8) is 0 Å². The molecule has 0 saturated heterocycles. The minimum Gasteiger partial charge on any atom is -0.351 e. The molecule has 0 radical (unpaired) electrons. The molecule has 0 aliphatic heterocycles. The van der Waals surface area contributed by atoms with E-state index in [1.54, 1.807) is 38.1 Å². The third-order valence-electron chi connectivity index (χ3n) is 4.00. The van der Waals surface area contributed by atoms with Gasteiger partial charge in [-0.1, -0.05) is 13.8 Å². The third-order valence-corrected chi connectivity index (χ3v) is 5.48. The van der Waals surface area contributed by atoms with Crippen molar-refractivity contribution < 1.29 is 22.9 Å². The molecule has 0 aromatic heterocycles. The Labute approximate surface area is 173 Å². The average Bonchev–Trinajstić information content (AvgIpc) is 2.71. The van der Waals surface area contributed by atoms with Crippen LogP contribution in [-0.4, -0.2) is 38.2 Å². The van der Waals surface area contributed by atoms with Crippen LogP contribution in [-0.2, 0) is 14.8 Å². The van der Waals surface area contributed by atoms with E-state index in [0.717, 1.165) is 24.3 Å². The molecular formula is C19H22N4O6S. The van der Waals surface area contributed by atoms with Crippen LogP contribution in [0.3, 0.4) is 0 Å². The standard InChI is InChI=1S/C19H22N4O6S/c1-13(2)18(24)22-15-5-3-14(4-6-15)19(25)20-11-12-21-30(28,29)17-9-7-16(8-10-17)23(26)27/h3-10,13,21H,11-12H2,1-2H3,(H,20,25)(H,22,24). The van der Waals surface area contributed by atoms with E-state index in [-0.39, 0.29) is 35.5 Å². The normalized spacial score (nSPS) is 11.2. The van der Waals surface area contributed by atoms with Gasteiger partial charge in [-0.25, -0.2) is 13.1 Å². The topological polar surface area (TPSA) is 148 Å². The second kappa shape index (κ2) is 9.94. The number of nitro benzene ring substituents is 1. The Kier molecular flexibility index (Phi) is 7.61. The molecule has 3 N–H and O–H groups in total. The van der Waals surface area contributed by atoms with Crippen LogP contribution in [0.4, 0.5) is 11.4 Å². The van der Waals surface area contributed by atoms with Gasteiger partial charge >= 0.3 is 0 Å². The van der Waals surface area contributed by atoms with Crippen LogP contribution < -0.4 is 15.4 Å². The van der Waals surface area contributed by atoms with E-state index in [1.807, 2.05) is 0 Å². The lowest BCUT2D eigenvalue weighted by Gasteiger charge is -2.10. The summed E-state index contributed by atoms with van der Waals surface area (Å²) in [5.74, 6) is -0.693. The molecule has 0 atom stereocenters. The van der Waals surface area contributed by atoms with Gasteiger partial charge in [-0.3, -0.25) is 19.7 Å². The van der Waals surface area contributed by atoms with Gasteiger partial charge in [-0.05, 0) is 36.4 Å². The zero-order valence-corrected chi connectivity index (χ0v) is 17.2. The predicted octanol–water partition coefficient (Wildman–Crippen LogP) is 1.90. The summed E-state index contributed by atoms with van der Waals surface area (Å²) >= 11 is 0. The molecule has 0 unspecified atom stereocenters. The number of carbonyl (C=O) groups excluding carboxylic acids is 2. The number of non-ortho nitro benzene ring substituents is 1. The average molecular weight is 434 g/mol. The Balaban J connectivity index is 1.84. The van der Waals surface area contributed by atoms with E-state index in [1.165, 1.54) is 0 Å². The molecule has 2 amide bonds. The molecule has 0 heterocycles. The van der Waals surface area contributed by atoms with Gasteiger partial charge in [0.2, 0.25) is 15.9 Å². The van der Waals surface area contributed by atoms with Gasteiger partial charge in [0.1, 0.15) is 0 Å². The minimum atomic E-state index is -3.85. The summed E-state index contributed by atoms with van der Waals surface area (Å²) < 4.78 is 26.7. The van der Waals surface area contributed by atoms with E-state index in [0.29, 0.717) is 11.3 Å². The van der Waals surface area contributed by atoms with Gasteiger partial charge in [0.05, 0.1) is 9.82 Å². The molecule has 10 nitrogen and oxygen atoms in total. The lowest BCUT2D eigenvalue weighted by atomic mass is 10.1. The first-order valence-corrected chi connectivity index (χ1v) is 10.5. The van der Waals surface area contributed by atoms with Crippen LogP contribution in [0.2, 0.25) is 0 Å². The first-order valence-electron chi connectivity index (χ1n) is 9.03. The molecular weight excluding hydrogens is 412 g/mol. The van der Waals surface area contributed by atoms with Crippen molar-refractivity contribution in [2.75, 3.05) is 18.4 Å². The summed E-state index contributed by atoms with van der Waals surface area (Å²) in [5, 5.41) is 15.9. The number of rotatable bonds is 9. The van der Waals surface area contributed by atoms with Gasteiger partial charge in [0.15, 0.2) is 0 Å². The molecule has 0 spiro atoms. The van der Waals surface area contributed by atoms with Crippen LogP contribution in [0.5, 0.6) is 0 Å². The lowest BCUT2D eigenvalue weighted by molar-refractivity contribution is -0.384. The van der Waals surface area contributed by atoms with Gasteiger partial charge < -0.3 is 10.6 Å². The molecule has 0 fully saturated rings. The fourth-order valence-corrected chi connectivity index (χ4v) is 3.32. The number of hydrogen-bond donors (Lipinski definition) is 3. The molecule has 0 saturated carbocycles. The van der Waals surface area contributed by atoms with E-state index in [9.17, 15) is 28.1 Å². The summed E-state index contributed by atoms with van der Waals surface area (Å²) in [6, 6.07) is 10.8. The SMILES string of the molecule is CC(C)C(=O)Nc1ccc(C(=O)NCCNS(=O)(=O)c2ccc([N+](=O)[O-])cc2)cc1. The Bertz CT molecular complexity index is 1020. The van der Waals surface area contributed by atoms with Crippen LogP contribution >= 0.6 is 0 Å². The van der Waals surface area contributed by atoms with E-state index in [2.05, 4.69) is 15.4 Å². The maximum absolute atomic E-state index is 12.2. The highest BCUT2D eigenvalue weighted by Gasteiger charge is 2.15. The van der Waals surface area contributed by atoms with Crippen LogP contribution in [0, 0.1) is 16.0 Å². The first-order chi connectivity index (χ1) is 14.1. The number of anilines is 1. The smallest absolute Gasteiger partial charge is 0.269 e. The zero-order valence-electron chi connectivity index (χ0n) is 16.4. The highest BCUT2D eigenvalue weighted by molar-refractivity contribution is 7.89. The molecule has 0 aliphatic rings. The summed E-state index contributed by atoms with van der Waals surface area (Å²) in [7, 11) is -3.85. The largest absolute Gasteiger partial charge is 0.351 e. The fourth-order valence-electron chi connectivity index (χ4n) is 2.29.